The SMILES string of the molecule is C[C@@H](N)C(=O)Nc1ccc2sccc2c1. The molecule has 0 aliphatic rings. The molecule has 15 heavy (non-hydrogen) atoms. The van der Waals surface area contributed by atoms with E-state index in [9.17, 15) is 4.79 Å². The average Bonchev–Trinajstić information content (AvgIpc) is 2.64. The Morgan fingerprint density at radius 1 is 1.47 bits per heavy atom. The second-order valence-corrected chi connectivity index (χ2v) is 4.40. The molecule has 0 fully saturated rings. The monoisotopic (exact) mass is 220 g/mol. The van der Waals surface area contributed by atoms with E-state index >= 15 is 0 Å². The van der Waals surface area contributed by atoms with Crippen LogP contribution in [0.25, 0.3) is 10.1 Å². The summed E-state index contributed by atoms with van der Waals surface area (Å²) in [6, 6.07) is 7.38. The van der Waals surface area contributed by atoms with Gasteiger partial charge >= 0.3 is 0 Å². The standard InChI is InChI=1S/C11H12N2OS/c1-7(12)11(14)13-9-2-3-10-8(6-9)4-5-15-10/h2-7H,12H2,1H3,(H,13,14)/t7-/m1/s1. The van der Waals surface area contributed by atoms with Crippen molar-refractivity contribution in [3.05, 3.63) is 29.6 Å². The zero-order chi connectivity index (χ0) is 10.8. The van der Waals surface area contributed by atoms with Crippen LogP contribution >= 0.6 is 11.3 Å². The van der Waals surface area contributed by atoms with Crippen LogP contribution < -0.4 is 11.1 Å². The smallest absolute Gasteiger partial charge is 0.240 e. The molecule has 0 aliphatic carbocycles. The first kappa shape index (κ1) is 10.1. The van der Waals surface area contributed by atoms with Crippen LogP contribution in [-0.2, 0) is 4.79 Å². The Labute approximate surface area is 91.9 Å². The molecule has 0 saturated heterocycles. The predicted molar refractivity (Wildman–Crippen MR) is 64.1 cm³/mol. The van der Waals surface area contributed by atoms with E-state index in [-0.39, 0.29) is 5.91 Å². The number of anilines is 1. The van der Waals surface area contributed by atoms with Gasteiger partial charge in [-0.05, 0) is 42.0 Å². The first-order valence-corrected chi connectivity index (χ1v) is 5.58. The molecule has 2 rings (SSSR count). The number of carbonyl (C=O) groups is 1. The number of fused-ring (bicyclic) bond motifs is 1. The minimum Gasteiger partial charge on any atom is -0.325 e. The number of carbonyl (C=O) groups excluding carboxylic acids is 1. The van der Waals surface area contributed by atoms with Crippen molar-refractivity contribution in [2.45, 2.75) is 13.0 Å². The number of amides is 1. The van der Waals surface area contributed by atoms with Gasteiger partial charge in [-0.2, -0.15) is 0 Å². The number of thiophene rings is 1. The van der Waals surface area contributed by atoms with Gasteiger partial charge < -0.3 is 11.1 Å². The van der Waals surface area contributed by atoms with Crippen molar-refractivity contribution < 1.29 is 4.79 Å². The van der Waals surface area contributed by atoms with Gasteiger partial charge in [0.15, 0.2) is 0 Å². The molecular weight excluding hydrogens is 208 g/mol. The van der Waals surface area contributed by atoms with Gasteiger partial charge in [0, 0.05) is 10.4 Å². The molecule has 3 nitrogen and oxygen atoms in total. The Kier molecular flexibility index (Phi) is 2.70. The van der Waals surface area contributed by atoms with Crippen LogP contribution in [0.3, 0.4) is 0 Å². The maximum Gasteiger partial charge on any atom is 0.240 e. The van der Waals surface area contributed by atoms with E-state index in [1.54, 1.807) is 18.3 Å². The summed E-state index contributed by atoms with van der Waals surface area (Å²) in [5.74, 6) is -0.162. The van der Waals surface area contributed by atoms with Gasteiger partial charge in [0.1, 0.15) is 0 Å². The van der Waals surface area contributed by atoms with Crippen LogP contribution in [0.4, 0.5) is 5.69 Å². The van der Waals surface area contributed by atoms with E-state index in [0.29, 0.717) is 0 Å². The van der Waals surface area contributed by atoms with Crippen molar-refractivity contribution in [2.24, 2.45) is 5.73 Å². The highest BCUT2D eigenvalue weighted by Gasteiger charge is 2.07. The summed E-state index contributed by atoms with van der Waals surface area (Å²) >= 11 is 1.68. The molecule has 2 aromatic rings. The Morgan fingerprint density at radius 3 is 3.00 bits per heavy atom. The van der Waals surface area contributed by atoms with E-state index in [1.807, 2.05) is 29.6 Å². The highest BCUT2D eigenvalue weighted by atomic mass is 32.1. The highest BCUT2D eigenvalue weighted by Crippen LogP contribution is 2.23. The topological polar surface area (TPSA) is 55.1 Å². The quantitative estimate of drug-likeness (QED) is 0.815. The maximum absolute atomic E-state index is 11.4. The molecule has 1 amide bonds. The van der Waals surface area contributed by atoms with E-state index in [2.05, 4.69) is 5.32 Å². The van der Waals surface area contributed by atoms with Crippen molar-refractivity contribution in [1.29, 1.82) is 0 Å². The van der Waals surface area contributed by atoms with Crippen molar-refractivity contribution >= 4 is 33.0 Å². The van der Waals surface area contributed by atoms with Gasteiger partial charge in [0.2, 0.25) is 5.91 Å². The van der Waals surface area contributed by atoms with Gasteiger partial charge in [-0.1, -0.05) is 0 Å². The van der Waals surface area contributed by atoms with Crippen LogP contribution in [-0.4, -0.2) is 11.9 Å². The Bertz CT molecular complexity index is 490. The molecule has 0 bridgehead atoms. The van der Waals surface area contributed by atoms with Crippen LogP contribution in [0.1, 0.15) is 6.92 Å². The third kappa shape index (κ3) is 2.16. The van der Waals surface area contributed by atoms with Gasteiger partial charge in [0.25, 0.3) is 0 Å². The zero-order valence-electron chi connectivity index (χ0n) is 8.36. The van der Waals surface area contributed by atoms with E-state index in [0.717, 1.165) is 11.1 Å². The molecule has 0 saturated carbocycles. The molecule has 4 heteroatoms. The lowest BCUT2D eigenvalue weighted by Gasteiger charge is -2.07. The zero-order valence-corrected chi connectivity index (χ0v) is 9.17. The third-order valence-corrected chi connectivity index (χ3v) is 3.03. The molecule has 0 spiro atoms. The number of nitrogens with two attached hydrogens (primary N) is 1. The molecule has 1 atom stereocenters. The normalized spacial score (nSPS) is 12.7. The number of benzene rings is 1. The average molecular weight is 220 g/mol. The number of rotatable bonds is 2. The van der Waals surface area contributed by atoms with Crippen LogP contribution in [0.15, 0.2) is 29.6 Å². The van der Waals surface area contributed by atoms with Gasteiger partial charge in [-0.3, -0.25) is 4.79 Å². The van der Waals surface area contributed by atoms with E-state index in [1.165, 1.54) is 4.70 Å². The van der Waals surface area contributed by atoms with E-state index in [4.69, 9.17) is 5.73 Å². The number of hydrogen-bond acceptors (Lipinski definition) is 3. The molecule has 3 N–H and O–H groups in total. The van der Waals surface area contributed by atoms with Gasteiger partial charge in [-0.15, -0.1) is 11.3 Å². The second kappa shape index (κ2) is 4.00. The van der Waals surface area contributed by atoms with Crippen LogP contribution in [0.5, 0.6) is 0 Å². The Morgan fingerprint density at radius 2 is 2.27 bits per heavy atom. The molecule has 0 aliphatic heterocycles. The molecule has 0 unspecified atom stereocenters. The summed E-state index contributed by atoms with van der Waals surface area (Å²) in [5.41, 5.74) is 6.26. The molecule has 0 radical (unpaired) electrons. The maximum atomic E-state index is 11.4. The fourth-order valence-corrected chi connectivity index (χ4v) is 2.07. The first-order chi connectivity index (χ1) is 7.16. The number of hydrogen-bond donors (Lipinski definition) is 2. The van der Waals surface area contributed by atoms with Gasteiger partial charge in [0.05, 0.1) is 6.04 Å². The largest absolute Gasteiger partial charge is 0.325 e. The summed E-state index contributed by atoms with van der Waals surface area (Å²) in [6.45, 7) is 1.67. The Balaban J connectivity index is 2.25. The van der Waals surface area contributed by atoms with Crippen molar-refractivity contribution in [2.75, 3.05) is 5.32 Å². The number of nitrogens with one attached hydrogen (secondary N) is 1. The fourth-order valence-electron chi connectivity index (χ4n) is 1.30. The third-order valence-electron chi connectivity index (χ3n) is 2.13. The molecule has 1 aromatic heterocycles. The summed E-state index contributed by atoms with van der Waals surface area (Å²) in [5, 5.41) is 5.93. The molecular formula is C11H12N2OS. The summed E-state index contributed by atoms with van der Waals surface area (Å²) in [7, 11) is 0. The van der Waals surface area contributed by atoms with Crippen LogP contribution in [0, 0.1) is 0 Å². The summed E-state index contributed by atoms with van der Waals surface area (Å²) in [4.78, 5) is 11.4. The Hall–Kier alpha value is -1.39. The lowest BCUT2D eigenvalue weighted by Crippen LogP contribution is -2.32. The second-order valence-electron chi connectivity index (χ2n) is 3.45. The van der Waals surface area contributed by atoms with E-state index < -0.39 is 6.04 Å². The lowest BCUT2D eigenvalue weighted by molar-refractivity contribution is -0.117. The van der Waals surface area contributed by atoms with Crippen LogP contribution in [0.2, 0.25) is 0 Å². The van der Waals surface area contributed by atoms with Gasteiger partial charge in [-0.25, -0.2) is 0 Å². The summed E-state index contributed by atoms with van der Waals surface area (Å²) in [6.07, 6.45) is 0. The molecule has 1 heterocycles. The predicted octanol–water partition coefficient (Wildman–Crippen LogP) is 2.19. The lowest BCUT2D eigenvalue weighted by atomic mass is 10.2. The highest BCUT2D eigenvalue weighted by molar-refractivity contribution is 7.17. The minimum atomic E-state index is -0.483. The minimum absolute atomic E-state index is 0.162. The fraction of sp³-hybridized carbons (Fsp3) is 0.182. The van der Waals surface area contributed by atoms with Crippen molar-refractivity contribution in [3.8, 4) is 0 Å². The van der Waals surface area contributed by atoms with Crippen molar-refractivity contribution in [1.82, 2.24) is 0 Å². The summed E-state index contributed by atoms with van der Waals surface area (Å²) < 4.78 is 1.22. The molecule has 78 valence electrons. The molecule has 1 aromatic carbocycles. The van der Waals surface area contributed by atoms with Crippen molar-refractivity contribution in [3.63, 3.8) is 0 Å². The first-order valence-electron chi connectivity index (χ1n) is 4.70.